The van der Waals surface area contributed by atoms with E-state index >= 15 is 0 Å². The first kappa shape index (κ1) is 23.1. The van der Waals surface area contributed by atoms with Crippen molar-refractivity contribution in [3.63, 3.8) is 0 Å². The molecule has 0 atom stereocenters. The zero-order chi connectivity index (χ0) is 22.6. The van der Waals surface area contributed by atoms with Gasteiger partial charge in [0, 0.05) is 12.7 Å². The summed E-state index contributed by atoms with van der Waals surface area (Å²) in [6, 6.07) is 11.0. The van der Waals surface area contributed by atoms with Crippen LogP contribution in [-0.2, 0) is 21.1 Å². The Morgan fingerprint density at radius 3 is 2.32 bits per heavy atom. The van der Waals surface area contributed by atoms with Gasteiger partial charge in [0.25, 0.3) is 0 Å². The molecule has 0 amide bonds. The Bertz CT molecular complexity index is 1100. The number of carbonyl (C=O) groups is 1. The third-order valence-electron chi connectivity index (χ3n) is 6.07. The quantitative estimate of drug-likeness (QED) is 0.613. The summed E-state index contributed by atoms with van der Waals surface area (Å²) in [6.45, 7) is 4.51. The first-order valence-electron chi connectivity index (χ1n) is 10.6. The molecule has 166 valence electrons. The smallest absolute Gasteiger partial charge is 0.303 e. The Balaban J connectivity index is 1.79. The van der Waals surface area contributed by atoms with Crippen LogP contribution in [0.3, 0.4) is 0 Å². The molecule has 0 saturated carbocycles. The number of aliphatic carboxylic acids is 1. The topological polar surface area (TPSA) is 80.7 Å². The van der Waals surface area contributed by atoms with Gasteiger partial charge in [0.2, 0.25) is 0 Å². The SMILES string of the molecule is Cc1c(CCC(=O)O)ccc(OCC2=C(c3ccc(S(C)(=O)=O)cc3)CCCC2)c1C. The van der Waals surface area contributed by atoms with Gasteiger partial charge in [-0.3, -0.25) is 4.79 Å². The molecule has 31 heavy (non-hydrogen) atoms. The minimum atomic E-state index is -3.20. The summed E-state index contributed by atoms with van der Waals surface area (Å²) >= 11 is 0. The summed E-state index contributed by atoms with van der Waals surface area (Å²) in [5, 5.41) is 8.93. The highest BCUT2D eigenvalue weighted by atomic mass is 32.2. The van der Waals surface area contributed by atoms with Crippen molar-refractivity contribution in [3.8, 4) is 5.75 Å². The van der Waals surface area contributed by atoms with Gasteiger partial charge in [0.05, 0.1) is 4.90 Å². The second-order valence-electron chi connectivity index (χ2n) is 8.24. The molecule has 0 saturated heterocycles. The van der Waals surface area contributed by atoms with Crippen molar-refractivity contribution in [1.29, 1.82) is 0 Å². The van der Waals surface area contributed by atoms with Gasteiger partial charge in [-0.1, -0.05) is 18.2 Å². The van der Waals surface area contributed by atoms with Gasteiger partial charge < -0.3 is 9.84 Å². The number of benzene rings is 2. The molecule has 0 spiro atoms. The lowest BCUT2D eigenvalue weighted by Gasteiger charge is -2.22. The minimum absolute atomic E-state index is 0.120. The molecule has 5 nitrogen and oxygen atoms in total. The van der Waals surface area contributed by atoms with E-state index in [4.69, 9.17) is 9.84 Å². The van der Waals surface area contributed by atoms with E-state index in [9.17, 15) is 13.2 Å². The highest BCUT2D eigenvalue weighted by molar-refractivity contribution is 7.90. The maximum atomic E-state index is 11.7. The van der Waals surface area contributed by atoms with E-state index in [0.29, 0.717) is 17.9 Å². The molecule has 2 aromatic rings. The average Bonchev–Trinajstić information content (AvgIpc) is 2.73. The second kappa shape index (κ2) is 9.69. The fraction of sp³-hybridized carbons (Fsp3) is 0.400. The number of carboxylic acids is 1. The van der Waals surface area contributed by atoms with Crippen molar-refractivity contribution in [3.05, 3.63) is 64.2 Å². The third-order valence-corrected chi connectivity index (χ3v) is 7.20. The molecule has 0 radical (unpaired) electrons. The van der Waals surface area contributed by atoms with Gasteiger partial charge in [-0.05, 0) is 97.6 Å². The molecule has 0 heterocycles. The molecule has 2 aromatic carbocycles. The van der Waals surface area contributed by atoms with Gasteiger partial charge in [0.1, 0.15) is 12.4 Å². The molecule has 0 fully saturated rings. The Morgan fingerprint density at radius 2 is 1.68 bits per heavy atom. The monoisotopic (exact) mass is 442 g/mol. The molecule has 3 rings (SSSR count). The molecule has 6 heteroatoms. The van der Waals surface area contributed by atoms with Crippen LogP contribution >= 0.6 is 0 Å². The van der Waals surface area contributed by atoms with Crippen molar-refractivity contribution in [2.45, 2.75) is 57.3 Å². The number of carboxylic acid groups (broad SMARTS) is 1. The number of hydrogen-bond acceptors (Lipinski definition) is 4. The van der Waals surface area contributed by atoms with E-state index < -0.39 is 15.8 Å². The van der Waals surface area contributed by atoms with E-state index in [1.165, 1.54) is 17.4 Å². The van der Waals surface area contributed by atoms with Crippen LogP contribution in [-0.4, -0.2) is 32.4 Å². The number of aryl methyl sites for hydroxylation is 1. The lowest BCUT2D eigenvalue weighted by atomic mass is 9.87. The Labute approximate surface area is 184 Å². The lowest BCUT2D eigenvalue weighted by Crippen LogP contribution is -2.10. The van der Waals surface area contributed by atoms with Crippen LogP contribution in [0.1, 0.15) is 54.4 Å². The average molecular weight is 443 g/mol. The van der Waals surface area contributed by atoms with Crippen molar-refractivity contribution in [2.24, 2.45) is 0 Å². The summed E-state index contributed by atoms with van der Waals surface area (Å²) in [7, 11) is -3.20. The normalized spacial score (nSPS) is 14.5. The van der Waals surface area contributed by atoms with Crippen molar-refractivity contribution in [1.82, 2.24) is 0 Å². The van der Waals surface area contributed by atoms with Crippen LogP contribution in [0.25, 0.3) is 5.57 Å². The number of allylic oxidation sites excluding steroid dienone is 1. The zero-order valence-electron chi connectivity index (χ0n) is 18.4. The van der Waals surface area contributed by atoms with E-state index in [-0.39, 0.29) is 6.42 Å². The van der Waals surface area contributed by atoms with Crippen molar-refractivity contribution < 1.29 is 23.1 Å². The van der Waals surface area contributed by atoms with Gasteiger partial charge in [-0.25, -0.2) is 8.42 Å². The Kier molecular flexibility index (Phi) is 7.21. The van der Waals surface area contributed by atoms with Gasteiger partial charge >= 0.3 is 5.97 Å². The van der Waals surface area contributed by atoms with E-state index in [1.807, 2.05) is 38.1 Å². The molecule has 0 aromatic heterocycles. The van der Waals surface area contributed by atoms with Crippen LogP contribution in [0.2, 0.25) is 0 Å². The van der Waals surface area contributed by atoms with Crippen LogP contribution in [0.5, 0.6) is 5.75 Å². The summed E-state index contributed by atoms with van der Waals surface area (Å²) in [5.41, 5.74) is 6.72. The van der Waals surface area contributed by atoms with Gasteiger partial charge in [-0.2, -0.15) is 0 Å². The lowest BCUT2D eigenvalue weighted by molar-refractivity contribution is -0.136. The van der Waals surface area contributed by atoms with E-state index in [0.717, 1.165) is 53.7 Å². The number of ether oxygens (including phenoxy) is 1. The van der Waals surface area contributed by atoms with Crippen molar-refractivity contribution in [2.75, 3.05) is 12.9 Å². The molecule has 0 bridgehead atoms. The molecule has 1 N–H and O–H groups in total. The maximum Gasteiger partial charge on any atom is 0.303 e. The first-order valence-corrected chi connectivity index (χ1v) is 12.5. The largest absolute Gasteiger partial charge is 0.489 e. The second-order valence-corrected chi connectivity index (χ2v) is 10.3. The standard InChI is InChI=1S/C25H30O5S/c1-17-18(2)24(14-10-19(17)11-15-25(26)27)30-16-21-6-4-5-7-23(21)20-8-12-22(13-9-20)31(3,28)29/h8-10,12-14H,4-7,11,15-16H2,1-3H3,(H,26,27). The van der Waals surface area contributed by atoms with Gasteiger partial charge in [0.15, 0.2) is 9.84 Å². The number of hydrogen-bond donors (Lipinski definition) is 1. The Morgan fingerprint density at radius 1 is 1.00 bits per heavy atom. The molecular formula is C25H30O5S. The summed E-state index contributed by atoms with van der Waals surface area (Å²) in [5.74, 6) is 0.0279. The summed E-state index contributed by atoms with van der Waals surface area (Å²) in [4.78, 5) is 11.2. The highest BCUT2D eigenvalue weighted by Crippen LogP contribution is 2.34. The molecule has 0 unspecified atom stereocenters. The molecule has 0 aliphatic heterocycles. The zero-order valence-corrected chi connectivity index (χ0v) is 19.2. The summed E-state index contributed by atoms with van der Waals surface area (Å²) < 4.78 is 29.7. The number of sulfone groups is 1. The maximum absolute atomic E-state index is 11.7. The van der Waals surface area contributed by atoms with Crippen molar-refractivity contribution >= 4 is 21.4 Å². The summed E-state index contributed by atoms with van der Waals surface area (Å²) in [6.07, 6.45) is 6.02. The molecular weight excluding hydrogens is 412 g/mol. The number of rotatable bonds is 8. The van der Waals surface area contributed by atoms with Crippen LogP contribution in [0, 0.1) is 13.8 Å². The Hall–Kier alpha value is -2.60. The van der Waals surface area contributed by atoms with E-state index in [1.54, 1.807) is 12.1 Å². The molecule has 1 aliphatic rings. The fourth-order valence-corrected chi connectivity index (χ4v) is 4.69. The van der Waals surface area contributed by atoms with Crippen LogP contribution < -0.4 is 4.74 Å². The van der Waals surface area contributed by atoms with Crippen LogP contribution in [0.15, 0.2) is 46.9 Å². The fourth-order valence-electron chi connectivity index (χ4n) is 4.06. The molecule has 1 aliphatic carbocycles. The highest BCUT2D eigenvalue weighted by Gasteiger charge is 2.17. The van der Waals surface area contributed by atoms with E-state index in [2.05, 4.69) is 0 Å². The predicted molar refractivity (Wildman–Crippen MR) is 122 cm³/mol. The minimum Gasteiger partial charge on any atom is -0.489 e. The third kappa shape index (κ3) is 5.76. The first-order chi connectivity index (χ1) is 14.7. The van der Waals surface area contributed by atoms with Crippen LogP contribution in [0.4, 0.5) is 0 Å². The predicted octanol–water partition coefficient (Wildman–Crippen LogP) is 5.13. The van der Waals surface area contributed by atoms with Gasteiger partial charge in [-0.15, -0.1) is 0 Å².